The van der Waals surface area contributed by atoms with Crippen LogP contribution in [-0.2, 0) is 4.74 Å². The van der Waals surface area contributed by atoms with E-state index in [4.69, 9.17) is 4.74 Å². The fraction of sp³-hybridized carbons (Fsp3) is 0.667. The van der Waals surface area contributed by atoms with Crippen LogP contribution in [0.15, 0.2) is 24.4 Å². The first-order valence-corrected chi connectivity index (χ1v) is 8.87. The summed E-state index contributed by atoms with van der Waals surface area (Å²) < 4.78 is 5.47. The van der Waals surface area contributed by atoms with Crippen molar-refractivity contribution < 1.29 is 9.53 Å². The van der Waals surface area contributed by atoms with E-state index in [1.54, 1.807) is 6.20 Å². The Hall–Kier alpha value is -1.46. The summed E-state index contributed by atoms with van der Waals surface area (Å²) in [5, 5.41) is 0. The van der Waals surface area contributed by atoms with Crippen molar-refractivity contribution in [1.82, 2.24) is 14.8 Å². The molecule has 0 bridgehead atoms. The van der Waals surface area contributed by atoms with Gasteiger partial charge in [-0.3, -0.25) is 14.7 Å². The Kier molecular flexibility index (Phi) is 4.31. The molecule has 4 rings (SSSR count). The van der Waals surface area contributed by atoms with Gasteiger partial charge in [-0.25, -0.2) is 0 Å². The second-order valence-corrected chi connectivity index (χ2v) is 6.98. The van der Waals surface area contributed by atoms with Crippen LogP contribution in [0.2, 0.25) is 0 Å². The van der Waals surface area contributed by atoms with Crippen molar-refractivity contribution in [1.29, 1.82) is 0 Å². The second kappa shape index (κ2) is 6.57. The second-order valence-electron chi connectivity index (χ2n) is 6.98. The lowest BCUT2D eigenvalue weighted by molar-refractivity contribution is 0.0502. The van der Waals surface area contributed by atoms with E-state index in [0.29, 0.717) is 17.8 Å². The molecule has 4 heterocycles. The van der Waals surface area contributed by atoms with E-state index in [1.165, 1.54) is 19.4 Å². The van der Waals surface area contributed by atoms with Crippen molar-refractivity contribution in [3.8, 4) is 0 Å². The molecule has 23 heavy (non-hydrogen) atoms. The molecule has 0 N–H and O–H groups in total. The number of aromatic nitrogens is 1. The molecule has 3 aliphatic rings. The van der Waals surface area contributed by atoms with E-state index in [0.717, 1.165) is 45.1 Å². The van der Waals surface area contributed by atoms with Crippen LogP contribution in [0.5, 0.6) is 0 Å². The van der Waals surface area contributed by atoms with Gasteiger partial charge < -0.3 is 9.64 Å². The predicted octanol–water partition coefficient (Wildman–Crippen LogP) is 1.80. The fourth-order valence-electron chi connectivity index (χ4n) is 4.45. The van der Waals surface area contributed by atoms with Gasteiger partial charge >= 0.3 is 0 Å². The first kappa shape index (κ1) is 15.1. The summed E-state index contributed by atoms with van der Waals surface area (Å²) in [5.74, 6) is 0.869. The fourth-order valence-corrected chi connectivity index (χ4v) is 4.45. The molecule has 0 radical (unpaired) electrons. The summed E-state index contributed by atoms with van der Waals surface area (Å²) in [6.07, 6.45) is 6.28. The highest BCUT2D eigenvalue weighted by molar-refractivity contribution is 5.92. The average Bonchev–Trinajstić information content (AvgIpc) is 3.19. The summed E-state index contributed by atoms with van der Waals surface area (Å²) >= 11 is 0. The largest absolute Gasteiger partial charge is 0.381 e. The molecule has 5 heteroatoms. The Balaban J connectivity index is 1.40. The minimum absolute atomic E-state index is 0.103. The normalized spacial score (nSPS) is 29.0. The number of hydrogen-bond acceptors (Lipinski definition) is 4. The number of nitrogens with zero attached hydrogens (tertiary/aromatic N) is 3. The molecule has 1 amide bonds. The Morgan fingerprint density at radius 1 is 1.13 bits per heavy atom. The Bertz CT molecular complexity index is 544. The highest BCUT2D eigenvalue weighted by Crippen LogP contribution is 2.33. The molecule has 0 aromatic carbocycles. The van der Waals surface area contributed by atoms with Gasteiger partial charge in [-0.1, -0.05) is 6.07 Å². The molecule has 0 unspecified atom stereocenters. The third kappa shape index (κ3) is 3.00. The predicted molar refractivity (Wildman–Crippen MR) is 87.2 cm³/mol. The zero-order chi connectivity index (χ0) is 15.6. The minimum atomic E-state index is 0.103. The lowest BCUT2D eigenvalue weighted by atomic mass is 9.99. The number of hydrogen-bond donors (Lipinski definition) is 0. The van der Waals surface area contributed by atoms with Crippen molar-refractivity contribution >= 4 is 5.91 Å². The van der Waals surface area contributed by atoms with Gasteiger partial charge in [0.2, 0.25) is 0 Å². The first-order chi connectivity index (χ1) is 11.3. The molecule has 3 aliphatic heterocycles. The van der Waals surface area contributed by atoms with Crippen molar-refractivity contribution in [3.05, 3.63) is 30.1 Å². The van der Waals surface area contributed by atoms with E-state index in [1.807, 2.05) is 18.2 Å². The monoisotopic (exact) mass is 315 g/mol. The van der Waals surface area contributed by atoms with Crippen LogP contribution in [0.1, 0.15) is 36.2 Å². The van der Waals surface area contributed by atoms with Crippen LogP contribution in [-0.4, -0.2) is 65.6 Å². The molecule has 0 saturated carbocycles. The molecular weight excluding hydrogens is 290 g/mol. The number of ether oxygens (including phenoxy) is 1. The number of pyridine rings is 1. The van der Waals surface area contributed by atoms with E-state index in [9.17, 15) is 4.79 Å². The number of rotatable bonds is 3. The summed E-state index contributed by atoms with van der Waals surface area (Å²) in [5.41, 5.74) is 0.580. The molecule has 124 valence electrons. The van der Waals surface area contributed by atoms with Crippen LogP contribution in [0, 0.1) is 5.92 Å². The van der Waals surface area contributed by atoms with Gasteiger partial charge in [0.05, 0.1) is 0 Å². The van der Waals surface area contributed by atoms with Crippen molar-refractivity contribution in [3.63, 3.8) is 0 Å². The average molecular weight is 315 g/mol. The molecule has 0 spiro atoms. The third-order valence-electron chi connectivity index (χ3n) is 5.67. The molecule has 1 aromatic rings. The number of carbonyl (C=O) groups is 1. The Morgan fingerprint density at radius 3 is 2.74 bits per heavy atom. The van der Waals surface area contributed by atoms with Gasteiger partial charge in [0.1, 0.15) is 5.69 Å². The van der Waals surface area contributed by atoms with E-state index in [-0.39, 0.29) is 5.91 Å². The number of amides is 1. The van der Waals surface area contributed by atoms with E-state index in [2.05, 4.69) is 14.8 Å². The number of carbonyl (C=O) groups excluding carboxylic acids is 1. The van der Waals surface area contributed by atoms with Crippen molar-refractivity contribution in [2.45, 2.75) is 37.8 Å². The molecule has 2 atom stereocenters. The van der Waals surface area contributed by atoms with Gasteiger partial charge in [0.15, 0.2) is 0 Å². The molecular formula is C18H25N3O2. The summed E-state index contributed by atoms with van der Waals surface area (Å²) in [7, 11) is 0. The quantitative estimate of drug-likeness (QED) is 0.853. The van der Waals surface area contributed by atoms with Crippen LogP contribution in [0.25, 0.3) is 0 Å². The van der Waals surface area contributed by atoms with Crippen LogP contribution < -0.4 is 0 Å². The van der Waals surface area contributed by atoms with E-state index < -0.39 is 0 Å². The molecule has 3 fully saturated rings. The highest BCUT2D eigenvalue weighted by atomic mass is 16.5. The zero-order valence-corrected chi connectivity index (χ0v) is 13.6. The summed E-state index contributed by atoms with van der Waals surface area (Å²) in [4.78, 5) is 21.6. The van der Waals surface area contributed by atoms with Crippen LogP contribution in [0.3, 0.4) is 0 Å². The maximum atomic E-state index is 12.7. The van der Waals surface area contributed by atoms with Gasteiger partial charge in [0.25, 0.3) is 5.91 Å². The van der Waals surface area contributed by atoms with Crippen molar-refractivity contribution in [2.75, 3.05) is 32.8 Å². The topological polar surface area (TPSA) is 45.7 Å². The summed E-state index contributed by atoms with van der Waals surface area (Å²) in [6, 6.07) is 6.49. The smallest absolute Gasteiger partial charge is 0.272 e. The SMILES string of the molecule is O=C(c1ccccn1)N1CC[C@@H]2[C@@H]1CCN2CC1CCOCC1. The highest BCUT2D eigenvalue weighted by Gasteiger charge is 2.44. The molecule has 3 saturated heterocycles. The van der Waals surface area contributed by atoms with Gasteiger partial charge in [-0.15, -0.1) is 0 Å². The van der Waals surface area contributed by atoms with Crippen LogP contribution >= 0.6 is 0 Å². The maximum Gasteiger partial charge on any atom is 0.272 e. The van der Waals surface area contributed by atoms with Gasteiger partial charge in [-0.05, 0) is 43.7 Å². The first-order valence-electron chi connectivity index (χ1n) is 8.87. The standard InChI is InChI=1S/C18H25N3O2/c22-18(15-3-1-2-8-19-15)21-10-5-16-17(21)4-9-20(16)13-14-6-11-23-12-7-14/h1-3,8,14,16-17H,4-7,9-13H2/t16-,17+/m1/s1. The molecule has 0 aliphatic carbocycles. The molecule has 5 nitrogen and oxygen atoms in total. The van der Waals surface area contributed by atoms with Gasteiger partial charge in [0, 0.05) is 51.1 Å². The Morgan fingerprint density at radius 2 is 1.96 bits per heavy atom. The van der Waals surface area contributed by atoms with Crippen LogP contribution in [0.4, 0.5) is 0 Å². The molecule has 1 aromatic heterocycles. The number of likely N-dealkylation sites (tertiary alicyclic amines) is 2. The Labute approximate surface area is 137 Å². The lowest BCUT2D eigenvalue weighted by Gasteiger charge is -2.30. The zero-order valence-electron chi connectivity index (χ0n) is 13.6. The number of fused-ring (bicyclic) bond motifs is 1. The minimum Gasteiger partial charge on any atom is -0.381 e. The maximum absolute atomic E-state index is 12.7. The summed E-state index contributed by atoms with van der Waals surface area (Å²) in [6.45, 7) is 5.00. The van der Waals surface area contributed by atoms with Crippen molar-refractivity contribution in [2.24, 2.45) is 5.92 Å². The third-order valence-corrected chi connectivity index (χ3v) is 5.67. The lowest BCUT2D eigenvalue weighted by Crippen LogP contribution is -2.41. The van der Waals surface area contributed by atoms with Gasteiger partial charge in [-0.2, -0.15) is 0 Å². The van der Waals surface area contributed by atoms with E-state index >= 15 is 0 Å².